The third-order valence-electron chi connectivity index (χ3n) is 5.79. The summed E-state index contributed by atoms with van der Waals surface area (Å²) in [5.74, 6) is -0.463. The van der Waals surface area contributed by atoms with Crippen LogP contribution in [0.15, 0.2) is 29.3 Å². The maximum absolute atomic E-state index is 12.9. The van der Waals surface area contributed by atoms with Crippen molar-refractivity contribution in [3.63, 3.8) is 0 Å². The van der Waals surface area contributed by atoms with Crippen LogP contribution in [-0.2, 0) is 9.59 Å². The van der Waals surface area contributed by atoms with E-state index in [0.29, 0.717) is 24.1 Å². The van der Waals surface area contributed by atoms with Gasteiger partial charge in [0, 0.05) is 12.3 Å². The molecule has 7 heteroatoms. The molecule has 0 aromatic heterocycles. The largest absolute Gasteiger partial charge is 0.494 e. The maximum Gasteiger partial charge on any atom is 0.331 e. The normalized spacial score (nSPS) is 30.3. The number of nitrogens with zero attached hydrogens (tertiary/aromatic N) is 2. The predicted octanol–water partition coefficient (Wildman–Crippen LogP) is 2.67. The van der Waals surface area contributed by atoms with E-state index in [9.17, 15) is 14.4 Å². The van der Waals surface area contributed by atoms with Crippen LogP contribution >= 0.6 is 0 Å². The number of imide groups is 2. The molecular weight excluding hydrogens is 346 g/mol. The van der Waals surface area contributed by atoms with Gasteiger partial charge in [-0.05, 0) is 62.3 Å². The lowest BCUT2D eigenvalue weighted by Gasteiger charge is -2.36. The van der Waals surface area contributed by atoms with Crippen LogP contribution in [0.2, 0.25) is 0 Å². The van der Waals surface area contributed by atoms with E-state index >= 15 is 0 Å². The maximum atomic E-state index is 12.9. The second-order valence-electron chi connectivity index (χ2n) is 7.43. The molecule has 2 aliphatic carbocycles. The molecular formula is C20H23N3O4. The number of hydrogen-bond acceptors (Lipinski definition) is 5. The first-order valence-electron chi connectivity index (χ1n) is 9.51. The van der Waals surface area contributed by atoms with Crippen LogP contribution in [0.1, 0.15) is 32.6 Å². The van der Waals surface area contributed by atoms with E-state index < -0.39 is 23.8 Å². The molecule has 4 amide bonds. The Bertz CT molecular complexity index is 789. The molecule has 1 N–H and O–H groups in total. The van der Waals surface area contributed by atoms with Crippen molar-refractivity contribution in [2.24, 2.45) is 22.7 Å². The van der Waals surface area contributed by atoms with Crippen molar-refractivity contribution in [1.29, 1.82) is 0 Å². The first-order chi connectivity index (χ1) is 13.1. The number of fused-ring (bicyclic) bond motifs is 2. The Morgan fingerprint density at radius 3 is 2.59 bits per heavy atom. The molecule has 2 saturated carbocycles. The van der Waals surface area contributed by atoms with Crippen LogP contribution in [-0.4, -0.2) is 41.6 Å². The Kier molecular flexibility index (Phi) is 4.68. The van der Waals surface area contributed by atoms with Crippen LogP contribution in [0.25, 0.3) is 0 Å². The lowest BCUT2D eigenvalue weighted by Crippen LogP contribution is -2.62. The van der Waals surface area contributed by atoms with Gasteiger partial charge in [-0.1, -0.05) is 6.42 Å². The van der Waals surface area contributed by atoms with Crippen LogP contribution < -0.4 is 10.1 Å². The van der Waals surface area contributed by atoms with Gasteiger partial charge in [-0.25, -0.2) is 4.79 Å². The molecule has 4 rings (SSSR count). The van der Waals surface area contributed by atoms with Gasteiger partial charge in [-0.15, -0.1) is 0 Å². The minimum absolute atomic E-state index is 0.0919. The van der Waals surface area contributed by atoms with Crippen LogP contribution in [0, 0.1) is 17.8 Å². The van der Waals surface area contributed by atoms with Gasteiger partial charge in [0.2, 0.25) is 11.8 Å². The van der Waals surface area contributed by atoms with Gasteiger partial charge in [-0.3, -0.25) is 24.8 Å². The smallest absolute Gasteiger partial charge is 0.331 e. The number of benzene rings is 1. The fourth-order valence-electron chi connectivity index (χ4n) is 4.53. The van der Waals surface area contributed by atoms with Crippen molar-refractivity contribution in [2.75, 3.05) is 6.61 Å². The molecule has 0 unspecified atom stereocenters. The standard InChI is InChI=1S/C20H23N3O4/c1-2-27-15-7-5-14(6-8-15)21-11-16-18(24)22-20(26)23(19(16)25)17-10-12-3-4-13(17)9-12/h5-8,11-13,16-17H,2-4,9-10H2,1H3,(H,22,24,26)/t12-,13-,16+,17+/m0/s1. The number of urea groups is 1. The lowest BCUT2D eigenvalue weighted by molar-refractivity contribution is -0.141. The molecule has 27 heavy (non-hydrogen) atoms. The minimum atomic E-state index is -1.08. The van der Waals surface area contributed by atoms with Crippen LogP contribution in [0.5, 0.6) is 5.75 Å². The monoisotopic (exact) mass is 369 g/mol. The van der Waals surface area contributed by atoms with Crippen LogP contribution in [0.3, 0.4) is 0 Å². The highest BCUT2D eigenvalue weighted by molar-refractivity contribution is 6.23. The van der Waals surface area contributed by atoms with Gasteiger partial charge in [0.15, 0.2) is 5.92 Å². The number of ether oxygens (including phenoxy) is 1. The van der Waals surface area contributed by atoms with Crippen molar-refractivity contribution in [2.45, 2.75) is 38.6 Å². The van der Waals surface area contributed by atoms with E-state index in [1.54, 1.807) is 24.3 Å². The Labute approximate surface area is 157 Å². The van der Waals surface area contributed by atoms with Crippen molar-refractivity contribution in [1.82, 2.24) is 10.2 Å². The third kappa shape index (κ3) is 3.34. The van der Waals surface area contributed by atoms with E-state index in [0.717, 1.165) is 25.0 Å². The zero-order valence-corrected chi connectivity index (χ0v) is 15.3. The summed E-state index contributed by atoms with van der Waals surface area (Å²) < 4.78 is 5.38. The van der Waals surface area contributed by atoms with Gasteiger partial charge >= 0.3 is 6.03 Å². The summed E-state index contributed by atoms with van der Waals surface area (Å²) in [6, 6.07) is 6.39. The summed E-state index contributed by atoms with van der Waals surface area (Å²) in [4.78, 5) is 43.0. The van der Waals surface area contributed by atoms with Crippen molar-refractivity contribution in [3.8, 4) is 5.75 Å². The first-order valence-corrected chi connectivity index (χ1v) is 9.51. The minimum Gasteiger partial charge on any atom is -0.494 e. The Morgan fingerprint density at radius 2 is 1.96 bits per heavy atom. The molecule has 0 radical (unpaired) electrons. The van der Waals surface area contributed by atoms with Gasteiger partial charge in [0.05, 0.1) is 12.3 Å². The van der Waals surface area contributed by atoms with Crippen molar-refractivity contribution in [3.05, 3.63) is 24.3 Å². The molecule has 3 aliphatic rings. The Hall–Kier alpha value is -2.70. The summed E-state index contributed by atoms with van der Waals surface area (Å²) in [6.45, 7) is 2.48. The molecule has 1 aromatic rings. The second kappa shape index (κ2) is 7.13. The SMILES string of the molecule is CCOc1ccc(N=C[C@@H]2C(=O)NC(=O)N([C@@H]3C[C@H]4CC[C@H]3C4)C2=O)cc1. The summed E-state index contributed by atoms with van der Waals surface area (Å²) in [6.07, 6.45) is 5.47. The summed E-state index contributed by atoms with van der Waals surface area (Å²) >= 11 is 0. The lowest BCUT2D eigenvalue weighted by atomic mass is 9.92. The number of carbonyl (C=O) groups is 3. The predicted molar refractivity (Wildman–Crippen MR) is 98.9 cm³/mol. The number of barbiturate groups is 1. The summed E-state index contributed by atoms with van der Waals surface area (Å²) in [7, 11) is 0. The highest BCUT2D eigenvalue weighted by atomic mass is 16.5. The van der Waals surface area contributed by atoms with Crippen LogP contribution in [0.4, 0.5) is 10.5 Å². The van der Waals surface area contributed by atoms with Crippen molar-refractivity contribution >= 4 is 29.7 Å². The van der Waals surface area contributed by atoms with Crippen molar-refractivity contribution < 1.29 is 19.1 Å². The molecule has 7 nitrogen and oxygen atoms in total. The van der Waals surface area contributed by atoms with E-state index in [1.165, 1.54) is 17.5 Å². The second-order valence-corrected chi connectivity index (χ2v) is 7.43. The van der Waals surface area contributed by atoms with E-state index in [1.807, 2.05) is 6.92 Å². The third-order valence-corrected chi connectivity index (χ3v) is 5.79. The quantitative estimate of drug-likeness (QED) is 0.638. The molecule has 2 bridgehead atoms. The number of carbonyl (C=O) groups excluding carboxylic acids is 3. The average molecular weight is 369 g/mol. The number of aliphatic imine (C=N–C) groups is 1. The molecule has 0 spiro atoms. The summed E-state index contributed by atoms with van der Waals surface area (Å²) in [5.41, 5.74) is 0.613. The zero-order valence-electron chi connectivity index (χ0n) is 15.3. The topological polar surface area (TPSA) is 88.1 Å². The number of hydrogen-bond donors (Lipinski definition) is 1. The number of rotatable bonds is 5. The number of nitrogens with one attached hydrogen (secondary N) is 1. The average Bonchev–Trinajstić information content (AvgIpc) is 3.26. The van der Waals surface area contributed by atoms with Gasteiger partial charge in [0.25, 0.3) is 0 Å². The molecule has 3 fully saturated rings. The molecule has 4 atom stereocenters. The molecule has 142 valence electrons. The highest BCUT2D eigenvalue weighted by Crippen LogP contribution is 2.47. The van der Waals surface area contributed by atoms with E-state index in [-0.39, 0.29) is 6.04 Å². The highest BCUT2D eigenvalue weighted by Gasteiger charge is 2.50. The van der Waals surface area contributed by atoms with E-state index in [2.05, 4.69) is 10.3 Å². The fourth-order valence-corrected chi connectivity index (χ4v) is 4.53. The first kappa shape index (κ1) is 17.7. The molecule has 1 saturated heterocycles. The zero-order chi connectivity index (χ0) is 19.0. The van der Waals surface area contributed by atoms with Gasteiger partial charge in [-0.2, -0.15) is 0 Å². The van der Waals surface area contributed by atoms with E-state index in [4.69, 9.17) is 4.74 Å². The van der Waals surface area contributed by atoms with Gasteiger partial charge in [0.1, 0.15) is 5.75 Å². The summed E-state index contributed by atoms with van der Waals surface area (Å²) in [5, 5.41) is 2.32. The fraction of sp³-hybridized carbons (Fsp3) is 0.500. The Balaban J connectivity index is 1.50. The van der Waals surface area contributed by atoms with Gasteiger partial charge < -0.3 is 4.74 Å². The Morgan fingerprint density at radius 1 is 1.19 bits per heavy atom. The molecule has 1 aliphatic heterocycles. The number of amides is 4. The molecule has 1 heterocycles. The molecule has 1 aromatic carbocycles.